The number of rotatable bonds is 1. The molecule has 0 spiro atoms. The maximum Gasteiger partial charge on any atom is 0.255 e. The smallest absolute Gasteiger partial charge is 0.255 e. The van der Waals surface area contributed by atoms with Crippen molar-refractivity contribution in [3.63, 3.8) is 0 Å². The van der Waals surface area contributed by atoms with Gasteiger partial charge in [-0.3, -0.25) is 4.90 Å². The minimum atomic E-state index is -2.25. The molecule has 5 heteroatoms. The van der Waals surface area contributed by atoms with Crippen LogP contribution in [-0.2, 0) is 6.42 Å². The molecular weight excluding hydrogens is 230 g/mol. The van der Waals surface area contributed by atoms with Gasteiger partial charge in [-0.25, -0.2) is 8.78 Å². The summed E-state index contributed by atoms with van der Waals surface area (Å²) in [7, 11) is 0. The number of alkyl halides is 2. The standard InChI is InChI=1S/C11H14F2N2S/c12-11(13)9-6-14-5-8-10-7(2-4-16-10)1-3-15(8)9/h2,4,8-9,11,14H,1,3,5-6H2. The van der Waals surface area contributed by atoms with Gasteiger partial charge in [-0.15, -0.1) is 11.3 Å². The molecule has 3 heterocycles. The third-order valence-corrected chi connectivity index (χ3v) is 4.59. The van der Waals surface area contributed by atoms with E-state index in [1.165, 1.54) is 10.4 Å². The quantitative estimate of drug-likeness (QED) is 0.811. The lowest BCUT2D eigenvalue weighted by molar-refractivity contribution is -0.0176. The van der Waals surface area contributed by atoms with Gasteiger partial charge in [0.05, 0.1) is 12.1 Å². The highest BCUT2D eigenvalue weighted by Gasteiger charge is 2.39. The fraction of sp³-hybridized carbons (Fsp3) is 0.636. The summed E-state index contributed by atoms with van der Waals surface area (Å²) in [5.74, 6) is 0. The number of halogens is 2. The maximum absolute atomic E-state index is 12.9. The van der Waals surface area contributed by atoms with E-state index in [-0.39, 0.29) is 6.04 Å². The van der Waals surface area contributed by atoms with Crippen LogP contribution in [-0.4, -0.2) is 37.0 Å². The van der Waals surface area contributed by atoms with Crippen LogP contribution in [0.5, 0.6) is 0 Å². The van der Waals surface area contributed by atoms with Crippen LogP contribution in [0.3, 0.4) is 0 Å². The summed E-state index contributed by atoms with van der Waals surface area (Å²) in [5, 5.41) is 5.20. The Morgan fingerprint density at radius 2 is 2.31 bits per heavy atom. The van der Waals surface area contributed by atoms with Gasteiger partial charge in [-0.05, 0) is 23.4 Å². The van der Waals surface area contributed by atoms with Gasteiger partial charge in [0.2, 0.25) is 0 Å². The van der Waals surface area contributed by atoms with Gasteiger partial charge >= 0.3 is 0 Å². The first-order chi connectivity index (χ1) is 7.77. The predicted molar refractivity (Wildman–Crippen MR) is 60.1 cm³/mol. The Labute approximate surface area is 97.3 Å². The first kappa shape index (κ1) is 10.6. The number of thiophene rings is 1. The summed E-state index contributed by atoms with van der Waals surface area (Å²) in [6, 6.07) is 1.68. The molecule has 1 N–H and O–H groups in total. The molecule has 88 valence electrons. The monoisotopic (exact) mass is 244 g/mol. The average molecular weight is 244 g/mol. The van der Waals surface area contributed by atoms with E-state index in [1.54, 1.807) is 11.3 Å². The summed E-state index contributed by atoms with van der Waals surface area (Å²) in [6.45, 7) is 1.98. The molecule has 1 aromatic rings. The van der Waals surface area contributed by atoms with Crippen molar-refractivity contribution in [2.75, 3.05) is 19.6 Å². The van der Waals surface area contributed by atoms with E-state index in [4.69, 9.17) is 0 Å². The highest BCUT2D eigenvalue weighted by Crippen LogP contribution is 2.37. The number of hydrogen-bond donors (Lipinski definition) is 1. The lowest BCUT2D eigenvalue weighted by Gasteiger charge is -2.44. The van der Waals surface area contributed by atoms with Crippen LogP contribution in [0.1, 0.15) is 16.5 Å². The van der Waals surface area contributed by atoms with Crippen molar-refractivity contribution < 1.29 is 8.78 Å². The number of nitrogens with one attached hydrogen (secondary N) is 1. The summed E-state index contributed by atoms with van der Waals surface area (Å²) in [6.07, 6.45) is -1.34. The van der Waals surface area contributed by atoms with Crippen LogP contribution in [0, 0.1) is 0 Å². The summed E-state index contributed by atoms with van der Waals surface area (Å²) in [4.78, 5) is 3.27. The molecule has 0 radical (unpaired) electrons. The zero-order valence-corrected chi connectivity index (χ0v) is 9.64. The van der Waals surface area contributed by atoms with Gasteiger partial charge in [0.15, 0.2) is 0 Å². The zero-order chi connectivity index (χ0) is 11.1. The van der Waals surface area contributed by atoms with Crippen molar-refractivity contribution in [2.45, 2.75) is 24.9 Å². The van der Waals surface area contributed by atoms with Crippen LogP contribution >= 0.6 is 11.3 Å². The molecule has 2 unspecified atom stereocenters. The van der Waals surface area contributed by atoms with Gasteiger partial charge in [0.25, 0.3) is 6.43 Å². The average Bonchev–Trinajstić information content (AvgIpc) is 2.76. The second-order valence-electron chi connectivity index (χ2n) is 4.37. The van der Waals surface area contributed by atoms with Gasteiger partial charge in [0, 0.05) is 24.5 Å². The highest BCUT2D eigenvalue weighted by atomic mass is 32.1. The molecule has 2 nitrogen and oxygen atoms in total. The molecule has 1 saturated heterocycles. The largest absolute Gasteiger partial charge is 0.313 e. The SMILES string of the molecule is FC(F)C1CNCC2c3sccc3CCN21. The Hall–Kier alpha value is -0.520. The Kier molecular flexibility index (Phi) is 2.69. The Morgan fingerprint density at radius 3 is 3.12 bits per heavy atom. The molecule has 0 saturated carbocycles. The number of piperazine rings is 1. The summed E-state index contributed by atoms with van der Waals surface area (Å²) in [5.41, 5.74) is 1.35. The van der Waals surface area contributed by atoms with Crippen molar-refractivity contribution in [2.24, 2.45) is 0 Å². The lowest BCUT2D eigenvalue weighted by atomic mass is 9.97. The molecule has 2 aliphatic heterocycles. The Balaban J connectivity index is 1.91. The van der Waals surface area contributed by atoms with E-state index in [1.807, 2.05) is 4.90 Å². The van der Waals surface area contributed by atoms with Crippen molar-refractivity contribution >= 4 is 11.3 Å². The summed E-state index contributed by atoms with van der Waals surface area (Å²) >= 11 is 1.70. The zero-order valence-electron chi connectivity index (χ0n) is 8.83. The number of nitrogens with zero attached hydrogens (tertiary/aromatic N) is 1. The predicted octanol–water partition coefficient (Wildman–Crippen LogP) is 1.88. The van der Waals surface area contributed by atoms with Crippen LogP contribution in [0.15, 0.2) is 11.4 Å². The third kappa shape index (κ3) is 1.58. The Bertz CT molecular complexity index is 380. The number of fused-ring (bicyclic) bond motifs is 3. The molecule has 1 fully saturated rings. The highest BCUT2D eigenvalue weighted by molar-refractivity contribution is 7.10. The van der Waals surface area contributed by atoms with Crippen LogP contribution in [0.4, 0.5) is 8.78 Å². The lowest BCUT2D eigenvalue weighted by Crippen LogP contribution is -2.57. The molecule has 1 aromatic heterocycles. The van der Waals surface area contributed by atoms with Gasteiger partial charge < -0.3 is 5.32 Å². The third-order valence-electron chi connectivity index (χ3n) is 3.53. The topological polar surface area (TPSA) is 15.3 Å². The van der Waals surface area contributed by atoms with E-state index < -0.39 is 12.5 Å². The van der Waals surface area contributed by atoms with E-state index in [2.05, 4.69) is 16.8 Å². The van der Waals surface area contributed by atoms with E-state index in [0.717, 1.165) is 19.5 Å². The molecule has 2 aliphatic rings. The second kappa shape index (κ2) is 4.05. The van der Waals surface area contributed by atoms with Crippen molar-refractivity contribution in [1.29, 1.82) is 0 Å². The first-order valence-electron chi connectivity index (χ1n) is 5.58. The first-order valence-corrected chi connectivity index (χ1v) is 6.46. The minimum absolute atomic E-state index is 0.163. The molecule has 0 bridgehead atoms. The normalized spacial score (nSPS) is 30.2. The van der Waals surface area contributed by atoms with Crippen molar-refractivity contribution in [3.8, 4) is 0 Å². The molecular formula is C11H14F2N2S. The molecule has 0 aromatic carbocycles. The van der Waals surface area contributed by atoms with Crippen LogP contribution in [0.2, 0.25) is 0 Å². The van der Waals surface area contributed by atoms with Gasteiger partial charge in [0.1, 0.15) is 0 Å². The minimum Gasteiger partial charge on any atom is -0.313 e. The van der Waals surface area contributed by atoms with E-state index in [0.29, 0.717) is 6.54 Å². The Morgan fingerprint density at radius 1 is 1.44 bits per heavy atom. The molecule has 3 rings (SSSR count). The molecule has 16 heavy (non-hydrogen) atoms. The van der Waals surface area contributed by atoms with E-state index >= 15 is 0 Å². The van der Waals surface area contributed by atoms with Crippen LogP contribution in [0.25, 0.3) is 0 Å². The second-order valence-corrected chi connectivity index (χ2v) is 5.32. The number of hydrogen-bond acceptors (Lipinski definition) is 3. The molecule has 0 aliphatic carbocycles. The fourth-order valence-electron chi connectivity index (χ4n) is 2.73. The summed E-state index contributed by atoms with van der Waals surface area (Å²) < 4.78 is 25.8. The molecule has 2 atom stereocenters. The van der Waals surface area contributed by atoms with Crippen molar-refractivity contribution in [1.82, 2.24) is 10.2 Å². The van der Waals surface area contributed by atoms with Gasteiger partial charge in [-0.2, -0.15) is 0 Å². The van der Waals surface area contributed by atoms with Gasteiger partial charge in [-0.1, -0.05) is 0 Å². The van der Waals surface area contributed by atoms with Crippen LogP contribution < -0.4 is 5.32 Å². The van der Waals surface area contributed by atoms with Crippen molar-refractivity contribution in [3.05, 3.63) is 21.9 Å². The fourth-order valence-corrected chi connectivity index (χ4v) is 3.80. The maximum atomic E-state index is 12.9. The van der Waals surface area contributed by atoms with E-state index in [9.17, 15) is 8.78 Å². The molecule has 0 amide bonds.